The summed E-state index contributed by atoms with van der Waals surface area (Å²) in [5, 5.41) is 14.4. The van der Waals surface area contributed by atoms with Gasteiger partial charge in [-0.3, -0.25) is 0 Å². The number of nitrogens with zero attached hydrogens (tertiary/aromatic N) is 2. The van der Waals surface area contributed by atoms with Crippen LogP contribution in [0.5, 0.6) is 5.88 Å². The van der Waals surface area contributed by atoms with Crippen LogP contribution in [-0.4, -0.2) is 33.2 Å². The molecule has 1 heterocycles. The summed E-state index contributed by atoms with van der Waals surface area (Å²) in [5.41, 5.74) is 4.89. The molecule has 6 nitrogen and oxygen atoms in total. The Labute approximate surface area is 247 Å². The molecule has 1 aromatic heterocycles. The number of rotatable bonds is 8. The molecule has 0 amide bonds. The van der Waals surface area contributed by atoms with Crippen molar-refractivity contribution >= 4 is 23.3 Å². The Kier molecular flexibility index (Phi) is 7.71. The van der Waals surface area contributed by atoms with E-state index in [0.29, 0.717) is 42.2 Å². The molecule has 1 fully saturated rings. The standard InChI is InChI=1S/C34H40ClN3O3/c1-22(20-41-31-30-23(2)7-5-12-29(30)36-21-37-31)17-25-18-24-8-3-4-11-28(24)33(25)13-15-34(16-14-33,32(39)40)38-27-10-6-9-26(35)19-27/h3-4,6,8-11,19,21-23,25,38H,5,7,12-18,20H2,1-2H3,(H,39,40)/t22-,23-,25+,33?,34?/m1/s1. The summed E-state index contributed by atoms with van der Waals surface area (Å²) in [5.74, 6) is 1.17. The first-order valence-electron chi connectivity index (χ1n) is 15.1. The summed E-state index contributed by atoms with van der Waals surface area (Å²) in [4.78, 5) is 21.8. The number of carboxylic acid groups (broad SMARTS) is 1. The van der Waals surface area contributed by atoms with Crippen molar-refractivity contribution in [2.45, 2.75) is 88.5 Å². The van der Waals surface area contributed by atoms with Crippen molar-refractivity contribution in [3.63, 3.8) is 0 Å². The van der Waals surface area contributed by atoms with Gasteiger partial charge in [-0.2, -0.15) is 0 Å². The Morgan fingerprint density at radius 1 is 1.15 bits per heavy atom. The predicted octanol–water partition coefficient (Wildman–Crippen LogP) is 7.59. The molecule has 0 saturated heterocycles. The van der Waals surface area contributed by atoms with Crippen LogP contribution < -0.4 is 10.1 Å². The highest BCUT2D eigenvalue weighted by Gasteiger charge is 2.54. The fourth-order valence-electron chi connectivity index (χ4n) is 7.93. The van der Waals surface area contributed by atoms with Crippen LogP contribution in [-0.2, 0) is 23.1 Å². The molecule has 216 valence electrons. The van der Waals surface area contributed by atoms with Gasteiger partial charge in [-0.05, 0) is 110 Å². The summed E-state index contributed by atoms with van der Waals surface area (Å²) in [6, 6.07) is 16.2. The monoisotopic (exact) mass is 573 g/mol. The molecule has 0 bridgehead atoms. The van der Waals surface area contributed by atoms with E-state index in [2.05, 4.69) is 53.4 Å². The molecule has 2 N–H and O–H groups in total. The van der Waals surface area contributed by atoms with Crippen LogP contribution in [0.1, 0.15) is 87.1 Å². The molecule has 3 aromatic rings. The maximum Gasteiger partial charge on any atom is 0.329 e. The smallest absolute Gasteiger partial charge is 0.329 e. The van der Waals surface area contributed by atoms with Gasteiger partial charge in [0.2, 0.25) is 5.88 Å². The lowest BCUT2D eigenvalue weighted by Crippen LogP contribution is -2.53. The van der Waals surface area contributed by atoms with Crippen LogP contribution >= 0.6 is 11.6 Å². The van der Waals surface area contributed by atoms with Crippen LogP contribution in [0, 0.1) is 11.8 Å². The Hall–Kier alpha value is -3.12. The summed E-state index contributed by atoms with van der Waals surface area (Å²) < 4.78 is 6.39. The van der Waals surface area contributed by atoms with Crippen molar-refractivity contribution in [3.05, 3.63) is 82.3 Å². The number of fused-ring (bicyclic) bond motifs is 3. The number of halogens is 1. The molecule has 41 heavy (non-hydrogen) atoms. The predicted molar refractivity (Wildman–Crippen MR) is 162 cm³/mol. The molecule has 0 radical (unpaired) electrons. The molecule has 3 aliphatic rings. The number of carbonyl (C=O) groups is 1. The van der Waals surface area contributed by atoms with Gasteiger partial charge >= 0.3 is 5.97 Å². The molecule has 3 atom stereocenters. The lowest BCUT2D eigenvalue weighted by Gasteiger charge is -2.47. The molecule has 7 heteroatoms. The Balaban J connectivity index is 1.19. The number of ether oxygens (including phenoxy) is 1. The van der Waals surface area contributed by atoms with Crippen molar-refractivity contribution < 1.29 is 14.6 Å². The van der Waals surface area contributed by atoms with Gasteiger partial charge in [0.1, 0.15) is 11.9 Å². The SMILES string of the molecule is C[C@@H](COc1ncnc2c1[C@H](C)CCC2)C[C@H]1Cc2ccccc2C12CCC(Nc1cccc(Cl)c1)(C(=O)O)CC2. The van der Waals surface area contributed by atoms with Crippen molar-refractivity contribution in [1.29, 1.82) is 0 Å². The number of nitrogens with one attached hydrogen (secondary N) is 1. The summed E-state index contributed by atoms with van der Waals surface area (Å²) in [6.07, 6.45) is 9.82. The van der Waals surface area contributed by atoms with Gasteiger partial charge in [-0.15, -0.1) is 0 Å². The summed E-state index contributed by atoms with van der Waals surface area (Å²) >= 11 is 6.21. The fourth-order valence-corrected chi connectivity index (χ4v) is 8.12. The zero-order valence-electron chi connectivity index (χ0n) is 24.0. The molecule has 6 rings (SSSR count). The van der Waals surface area contributed by atoms with E-state index in [0.717, 1.165) is 55.8 Å². The van der Waals surface area contributed by atoms with E-state index in [9.17, 15) is 9.90 Å². The molecular formula is C34H40ClN3O3. The zero-order chi connectivity index (χ0) is 28.6. The first-order chi connectivity index (χ1) is 19.8. The third-order valence-corrected chi connectivity index (χ3v) is 10.3. The van der Waals surface area contributed by atoms with Crippen molar-refractivity contribution in [2.75, 3.05) is 11.9 Å². The average Bonchev–Trinajstić information content (AvgIpc) is 3.25. The highest BCUT2D eigenvalue weighted by Crippen LogP contribution is 2.56. The van der Waals surface area contributed by atoms with Gasteiger partial charge in [-0.25, -0.2) is 14.8 Å². The third-order valence-electron chi connectivity index (χ3n) is 10.1. The lowest BCUT2D eigenvalue weighted by atomic mass is 9.59. The molecule has 0 unspecified atom stereocenters. The highest BCUT2D eigenvalue weighted by atomic mass is 35.5. The average molecular weight is 574 g/mol. The number of aryl methyl sites for hydroxylation is 1. The Morgan fingerprint density at radius 2 is 1.95 bits per heavy atom. The minimum Gasteiger partial charge on any atom is -0.480 e. The molecule has 2 aromatic carbocycles. The number of aromatic nitrogens is 2. The largest absolute Gasteiger partial charge is 0.480 e. The topological polar surface area (TPSA) is 84.3 Å². The van der Waals surface area contributed by atoms with E-state index in [1.807, 2.05) is 18.2 Å². The minimum absolute atomic E-state index is 0.0254. The fraction of sp³-hybridized carbons (Fsp3) is 0.500. The van der Waals surface area contributed by atoms with Gasteiger partial charge in [-0.1, -0.05) is 55.8 Å². The number of hydrogen-bond acceptors (Lipinski definition) is 5. The van der Waals surface area contributed by atoms with E-state index in [-0.39, 0.29) is 5.41 Å². The first-order valence-corrected chi connectivity index (χ1v) is 15.5. The van der Waals surface area contributed by atoms with Gasteiger partial charge in [0.05, 0.1) is 12.3 Å². The second kappa shape index (κ2) is 11.3. The van der Waals surface area contributed by atoms with E-state index < -0.39 is 11.5 Å². The quantitative estimate of drug-likeness (QED) is 0.289. The van der Waals surface area contributed by atoms with Gasteiger partial charge < -0.3 is 15.2 Å². The van der Waals surface area contributed by atoms with E-state index >= 15 is 0 Å². The highest BCUT2D eigenvalue weighted by molar-refractivity contribution is 6.30. The van der Waals surface area contributed by atoms with E-state index in [4.69, 9.17) is 16.3 Å². The Bertz CT molecular complexity index is 1420. The summed E-state index contributed by atoms with van der Waals surface area (Å²) in [7, 11) is 0. The van der Waals surface area contributed by atoms with Gasteiger partial charge in [0.15, 0.2) is 0 Å². The molecule has 1 saturated carbocycles. The maximum absolute atomic E-state index is 12.7. The van der Waals surface area contributed by atoms with Crippen LogP contribution in [0.2, 0.25) is 5.02 Å². The third kappa shape index (κ3) is 5.31. The van der Waals surface area contributed by atoms with Crippen molar-refractivity contribution in [3.8, 4) is 5.88 Å². The molecular weight excluding hydrogens is 534 g/mol. The minimum atomic E-state index is -1.00. The Morgan fingerprint density at radius 3 is 2.73 bits per heavy atom. The summed E-state index contributed by atoms with van der Waals surface area (Å²) in [6.45, 7) is 5.14. The number of hydrogen-bond donors (Lipinski definition) is 2. The normalized spacial score (nSPS) is 27.6. The van der Waals surface area contributed by atoms with Crippen molar-refractivity contribution in [1.82, 2.24) is 9.97 Å². The number of aliphatic carboxylic acids is 1. The van der Waals surface area contributed by atoms with E-state index in [1.54, 1.807) is 12.4 Å². The molecule has 0 aliphatic heterocycles. The number of carboxylic acids is 1. The van der Waals surface area contributed by atoms with Crippen molar-refractivity contribution in [2.24, 2.45) is 11.8 Å². The van der Waals surface area contributed by atoms with E-state index in [1.165, 1.54) is 23.1 Å². The maximum atomic E-state index is 12.7. The zero-order valence-corrected chi connectivity index (χ0v) is 24.8. The first kappa shape index (κ1) is 28.0. The number of benzene rings is 2. The van der Waals surface area contributed by atoms with Crippen LogP contribution in [0.15, 0.2) is 54.9 Å². The van der Waals surface area contributed by atoms with Crippen LogP contribution in [0.25, 0.3) is 0 Å². The molecule has 1 spiro atoms. The number of anilines is 1. The second-order valence-corrected chi connectivity index (χ2v) is 13.2. The lowest BCUT2D eigenvalue weighted by molar-refractivity contribution is -0.144. The van der Waals surface area contributed by atoms with Crippen LogP contribution in [0.4, 0.5) is 5.69 Å². The van der Waals surface area contributed by atoms with Gasteiger partial charge in [0.25, 0.3) is 0 Å². The molecule has 3 aliphatic carbocycles. The van der Waals surface area contributed by atoms with Crippen LogP contribution in [0.3, 0.4) is 0 Å². The second-order valence-electron chi connectivity index (χ2n) is 12.7. The van der Waals surface area contributed by atoms with Gasteiger partial charge in [0, 0.05) is 16.3 Å².